The van der Waals surface area contributed by atoms with Crippen LogP contribution in [-0.4, -0.2) is 18.5 Å². The summed E-state index contributed by atoms with van der Waals surface area (Å²) in [5.41, 5.74) is 1.14. The van der Waals surface area contributed by atoms with E-state index in [2.05, 4.69) is 24.5 Å². The van der Waals surface area contributed by atoms with Gasteiger partial charge in [-0.15, -0.1) is 0 Å². The number of carbonyl (C=O) groups excluding carboxylic acids is 1. The maximum absolute atomic E-state index is 11.9. The molecule has 1 aromatic carbocycles. The highest BCUT2D eigenvalue weighted by Crippen LogP contribution is 2.28. The zero-order chi connectivity index (χ0) is 14.4. The molecular formula is C17H26N2O. The van der Waals surface area contributed by atoms with E-state index in [1.165, 1.54) is 19.3 Å². The molecule has 3 nitrogen and oxygen atoms in total. The molecule has 2 N–H and O–H groups in total. The van der Waals surface area contributed by atoms with Gasteiger partial charge in [0.1, 0.15) is 0 Å². The lowest BCUT2D eigenvalue weighted by molar-refractivity contribution is -0.120. The van der Waals surface area contributed by atoms with E-state index in [0.29, 0.717) is 25.0 Å². The van der Waals surface area contributed by atoms with Crippen LogP contribution >= 0.6 is 0 Å². The van der Waals surface area contributed by atoms with Crippen LogP contribution in [-0.2, 0) is 11.3 Å². The van der Waals surface area contributed by atoms with E-state index in [1.807, 2.05) is 30.3 Å². The van der Waals surface area contributed by atoms with Crippen LogP contribution in [0.1, 0.15) is 38.7 Å². The van der Waals surface area contributed by atoms with Gasteiger partial charge in [-0.2, -0.15) is 0 Å². The minimum absolute atomic E-state index is 0.0830. The van der Waals surface area contributed by atoms with Gasteiger partial charge in [-0.05, 0) is 36.7 Å². The molecule has 0 heterocycles. The van der Waals surface area contributed by atoms with Crippen molar-refractivity contribution in [3.63, 3.8) is 0 Å². The number of hydrogen-bond acceptors (Lipinski definition) is 2. The Balaban J connectivity index is 1.67. The van der Waals surface area contributed by atoms with Crippen molar-refractivity contribution in [2.45, 2.75) is 45.7 Å². The van der Waals surface area contributed by atoms with E-state index in [-0.39, 0.29) is 5.91 Å². The standard InChI is InChI=1S/C17H26N2O/c1-13-8-9-16(14(2)10-13)18-12-17(20)19-11-15-6-4-3-5-7-15/h3-7,13-14,16,18H,8-12H2,1-2H3,(H,19,20). The van der Waals surface area contributed by atoms with Crippen molar-refractivity contribution in [2.75, 3.05) is 6.54 Å². The third kappa shape index (κ3) is 4.64. The molecular weight excluding hydrogens is 248 g/mol. The smallest absolute Gasteiger partial charge is 0.234 e. The molecule has 1 amide bonds. The van der Waals surface area contributed by atoms with Crippen molar-refractivity contribution in [1.29, 1.82) is 0 Å². The predicted octanol–water partition coefficient (Wildman–Crippen LogP) is 2.72. The fourth-order valence-corrected chi connectivity index (χ4v) is 3.05. The van der Waals surface area contributed by atoms with Crippen LogP contribution in [0, 0.1) is 11.8 Å². The molecule has 0 aromatic heterocycles. The number of amides is 1. The molecule has 0 saturated heterocycles. The quantitative estimate of drug-likeness (QED) is 0.867. The molecule has 1 aliphatic carbocycles. The van der Waals surface area contributed by atoms with E-state index in [4.69, 9.17) is 0 Å². The van der Waals surface area contributed by atoms with Gasteiger partial charge < -0.3 is 10.6 Å². The van der Waals surface area contributed by atoms with Gasteiger partial charge in [0.25, 0.3) is 0 Å². The number of carbonyl (C=O) groups is 1. The summed E-state index contributed by atoms with van der Waals surface area (Å²) in [6, 6.07) is 10.5. The lowest BCUT2D eigenvalue weighted by Crippen LogP contribution is -2.44. The van der Waals surface area contributed by atoms with Crippen LogP contribution in [0.15, 0.2) is 30.3 Å². The first kappa shape index (κ1) is 15.0. The van der Waals surface area contributed by atoms with Gasteiger partial charge in [0.15, 0.2) is 0 Å². The van der Waals surface area contributed by atoms with Crippen LogP contribution in [0.3, 0.4) is 0 Å². The summed E-state index contributed by atoms with van der Waals surface area (Å²) >= 11 is 0. The summed E-state index contributed by atoms with van der Waals surface area (Å²) in [6.45, 7) is 5.64. The van der Waals surface area contributed by atoms with Gasteiger partial charge in [0.2, 0.25) is 5.91 Å². The van der Waals surface area contributed by atoms with Crippen molar-refractivity contribution in [2.24, 2.45) is 11.8 Å². The van der Waals surface area contributed by atoms with Crippen LogP contribution in [0.4, 0.5) is 0 Å². The Morgan fingerprint density at radius 1 is 1.20 bits per heavy atom. The van der Waals surface area contributed by atoms with Crippen LogP contribution in [0.2, 0.25) is 0 Å². The van der Waals surface area contributed by atoms with Crippen molar-refractivity contribution in [3.8, 4) is 0 Å². The second kappa shape index (κ2) is 7.44. The Labute approximate surface area is 122 Å². The third-order valence-electron chi connectivity index (χ3n) is 4.29. The molecule has 1 fully saturated rings. The fraction of sp³-hybridized carbons (Fsp3) is 0.588. The Kier molecular flexibility index (Phi) is 5.60. The number of nitrogens with one attached hydrogen (secondary N) is 2. The van der Waals surface area contributed by atoms with Crippen LogP contribution in [0.5, 0.6) is 0 Å². The summed E-state index contributed by atoms with van der Waals surface area (Å²) < 4.78 is 0. The molecule has 0 spiro atoms. The molecule has 0 radical (unpaired) electrons. The van der Waals surface area contributed by atoms with Gasteiger partial charge >= 0.3 is 0 Å². The highest BCUT2D eigenvalue weighted by atomic mass is 16.1. The Morgan fingerprint density at radius 2 is 1.95 bits per heavy atom. The molecule has 1 aromatic rings. The number of hydrogen-bond donors (Lipinski definition) is 2. The van der Waals surface area contributed by atoms with Crippen molar-refractivity contribution >= 4 is 5.91 Å². The minimum atomic E-state index is 0.0830. The average molecular weight is 274 g/mol. The summed E-state index contributed by atoms with van der Waals surface area (Å²) in [5.74, 6) is 1.58. The normalized spacial score (nSPS) is 26.2. The largest absolute Gasteiger partial charge is 0.351 e. The third-order valence-corrected chi connectivity index (χ3v) is 4.29. The SMILES string of the molecule is CC1CCC(NCC(=O)NCc2ccccc2)C(C)C1. The van der Waals surface area contributed by atoms with Gasteiger partial charge in [0, 0.05) is 12.6 Å². The Morgan fingerprint density at radius 3 is 2.65 bits per heavy atom. The fourth-order valence-electron chi connectivity index (χ4n) is 3.05. The predicted molar refractivity (Wildman–Crippen MR) is 82.3 cm³/mol. The van der Waals surface area contributed by atoms with Crippen LogP contribution < -0.4 is 10.6 Å². The van der Waals surface area contributed by atoms with E-state index >= 15 is 0 Å². The second-order valence-corrected chi connectivity index (χ2v) is 6.15. The maximum atomic E-state index is 11.9. The number of rotatable bonds is 5. The average Bonchev–Trinajstić information content (AvgIpc) is 2.45. The molecule has 3 heteroatoms. The van der Waals surface area contributed by atoms with Crippen molar-refractivity contribution < 1.29 is 4.79 Å². The second-order valence-electron chi connectivity index (χ2n) is 6.15. The topological polar surface area (TPSA) is 41.1 Å². The van der Waals surface area contributed by atoms with Crippen molar-refractivity contribution in [3.05, 3.63) is 35.9 Å². The molecule has 1 aliphatic rings. The summed E-state index contributed by atoms with van der Waals surface area (Å²) in [7, 11) is 0. The first-order valence-electron chi connectivity index (χ1n) is 7.69. The van der Waals surface area contributed by atoms with Gasteiger partial charge in [0.05, 0.1) is 6.54 Å². The molecule has 3 atom stereocenters. The van der Waals surface area contributed by atoms with E-state index < -0.39 is 0 Å². The lowest BCUT2D eigenvalue weighted by Gasteiger charge is -2.33. The molecule has 3 unspecified atom stereocenters. The lowest BCUT2D eigenvalue weighted by atomic mass is 9.80. The molecule has 1 saturated carbocycles. The molecule has 0 bridgehead atoms. The molecule has 110 valence electrons. The molecule has 0 aliphatic heterocycles. The first-order chi connectivity index (χ1) is 9.65. The summed E-state index contributed by atoms with van der Waals surface area (Å²) in [6.07, 6.45) is 3.73. The first-order valence-corrected chi connectivity index (χ1v) is 7.69. The summed E-state index contributed by atoms with van der Waals surface area (Å²) in [5, 5.41) is 6.38. The Hall–Kier alpha value is -1.35. The van der Waals surface area contributed by atoms with Gasteiger partial charge in [-0.3, -0.25) is 4.79 Å². The maximum Gasteiger partial charge on any atom is 0.234 e. The highest BCUT2D eigenvalue weighted by molar-refractivity contribution is 5.78. The molecule has 20 heavy (non-hydrogen) atoms. The van der Waals surface area contributed by atoms with E-state index in [0.717, 1.165) is 11.5 Å². The van der Waals surface area contributed by atoms with Crippen molar-refractivity contribution in [1.82, 2.24) is 10.6 Å². The van der Waals surface area contributed by atoms with Gasteiger partial charge in [-0.25, -0.2) is 0 Å². The zero-order valence-electron chi connectivity index (χ0n) is 12.6. The van der Waals surface area contributed by atoms with E-state index in [1.54, 1.807) is 0 Å². The zero-order valence-corrected chi connectivity index (χ0v) is 12.6. The summed E-state index contributed by atoms with van der Waals surface area (Å²) in [4.78, 5) is 11.9. The monoisotopic (exact) mass is 274 g/mol. The highest BCUT2D eigenvalue weighted by Gasteiger charge is 2.25. The molecule has 2 rings (SSSR count). The minimum Gasteiger partial charge on any atom is -0.351 e. The van der Waals surface area contributed by atoms with E-state index in [9.17, 15) is 4.79 Å². The number of benzene rings is 1. The Bertz CT molecular complexity index is 418. The van der Waals surface area contributed by atoms with Gasteiger partial charge in [-0.1, -0.05) is 44.2 Å². The van der Waals surface area contributed by atoms with Crippen LogP contribution in [0.25, 0.3) is 0 Å².